The molecule has 0 fully saturated rings. The molecule has 0 N–H and O–H groups in total. The van der Waals surface area contributed by atoms with Crippen molar-refractivity contribution in [3.63, 3.8) is 0 Å². The van der Waals surface area contributed by atoms with E-state index in [1.807, 2.05) is 13.8 Å². The minimum absolute atomic E-state index is 0.155. The van der Waals surface area contributed by atoms with Crippen molar-refractivity contribution >= 4 is 5.97 Å². The standard InChI is InChI=1S/C18H32O4/c1-4-5-6-7-8-9-10-11-12-13-17(19)20-14-16-15-21-18(2,3)22-16/h15H,4-14H2,1-3H3. The highest BCUT2D eigenvalue weighted by atomic mass is 16.7. The molecule has 0 amide bonds. The van der Waals surface area contributed by atoms with Crippen LogP contribution in [0.5, 0.6) is 0 Å². The van der Waals surface area contributed by atoms with E-state index < -0.39 is 5.79 Å². The molecule has 0 aliphatic carbocycles. The Morgan fingerprint density at radius 3 is 2.18 bits per heavy atom. The van der Waals surface area contributed by atoms with Crippen molar-refractivity contribution in [2.24, 2.45) is 0 Å². The summed E-state index contributed by atoms with van der Waals surface area (Å²) in [6.45, 7) is 6.04. The predicted octanol–water partition coefficient (Wildman–Crippen LogP) is 5.07. The molecular formula is C18H32O4. The van der Waals surface area contributed by atoms with Gasteiger partial charge in [0.2, 0.25) is 5.79 Å². The topological polar surface area (TPSA) is 44.8 Å². The van der Waals surface area contributed by atoms with E-state index in [0.717, 1.165) is 12.8 Å². The molecule has 22 heavy (non-hydrogen) atoms. The molecule has 0 bridgehead atoms. The third kappa shape index (κ3) is 8.96. The van der Waals surface area contributed by atoms with E-state index in [1.54, 1.807) is 0 Å². The first kappa shape index (κ1) is 18.9. The van der Waals surface area contributed by atoms with Crippen LogP contribution in [-0.4, -0.2) is 18.4 Å². The van der Waals surface area contributed by atoms with Crippen LogP contribution in [0.4, 0.5) is 0 Å². The monoisotopic (exact) mass is 312 g/mol. The van der Waals surface area contributed by atoms with Gasteiger partial charge in [-0.1, -0.05) is 58.3 Å². The van der Waals surface area contributed by atoms with E-state index >= 15 is 0 Å². The van der Waals surface area contributed by atoms with Crippen LogP contribution >= 0.6 is 0 Å². The Balaban J connectivity index is 1.90. The molecule has 0 atom stereocenters. The lowest BCUT2D eigenvalue weighted by Gasteiger charge is -2.18. The van der Waals surface area contributed by atoms with Crippen LogP contribution < -0.4 is 0 Å². The van der Waals surface area contributed by atoms with Crippen molar-refractivity contribution in [3.8, 4) is 0 Å². The lowest BCUT2D eigenvalue weighted by atomic mass is 10.1. The number of carbonyl (C=O) groups excluding carboxylic acids is 1. The van der Waals surface area contributed by atoms with E-state index in [-0.39, 0.29) is 12.6 Å². The molecule has 0 aromatic rings. The van der Waals surface area contributed by atoms with Crippen LogP contribution in [0, 0.1) is 0 Å². The zero-order valence-electron chi connectivity index (χ0n) is 14.5. The average molecular weight is 312 g/mol. The Labute approximate surface area is 135 Å². The number of unbranched alkanes of at least 4 members (excludes halogenated alkanes) is 8. The van der Waals surface area contributed by atoms with Gasteiger partial charge in [0.05, 0.1) is 0 Å². The van der Waals surface area contributed by atoms with Crippen LogP contribution in [0.15, 0.2) is 12.0 Å². The Bertz CT molecular complexity index is 347. The maximum absolute atomic E-state index is 11.6. The SMILES string of the molecule is CCCCCCCCCCCC(=O)OCC1=COC(C)(C)O1. The summed E-state index contributed by atoms with van der Waals surface area (Å²) < 4.78 is 15.9. The van der Waals surface area contributed by atoms with Gasteiger partial charge in [0, 0.05) is 20.3 Å². The Hall–Kier alpha value is -1.19. The number of ether oxygens (including phenoxy) is 3. The van der Waals surface area contributed by atoms with E-state index in [2.05, 4.69) is 6.92 Å². The smallest absolute Gasteiger partial charge is 0.306 e. The minimum Gasteiger partial charge on any atom is -0.457 e. The molecule has 1 aliphatic heterocycles. The number of rotatable bonds is 12. The molecular weight excluding hydrogens is 280 g/mol. The van der Waals surface area contributed by atoms with Gasteiger partial charge < -0.3 is 14.2 Å². The van der Waals surface area contributed by atoms with Crippen LogP contribution in [-0.2, 0) is 19.0 Å². The van der Waals surface area contributed by atoms with E-state index in [4.69, 9.17) is 14.2 Å². The first-order valence-corrected chi connectivity index (χ1v) is 8.75. The number of carbonyl (C=O) groups is 1. The van der Waals surface area contributed by atoms with Gasteiger partial charge in [0.1, 0.15) is 6.26 Å². The molecule has 0 aromatic heterocycles. The van der Waals surface area contributed by atoms with Gasteiger partial charge in [0.25, 0.3) is 0 Å². The molecule has 4 heteroatoms. The fraction of sp³-hybridized carbons (Fsp3) is 0.833. The minimum atomic E-state index is -0.640. The zero-order valence-corrected chi connectivity index (χ0v) is 14.5. The third-order valence-electron chi connectivity index (χ3n) is 3.71. The van der Waals surface area contributed by atoms with Gasteiger partial charge in [-0.05, 0) is 6.42 Å². The van der Waals surface area contributed by atoms with E-state index in [0.29, 0.717) is 12.2 Å². The van der Waals surface area contributed by atoms with Gasteiger partial charge in [-0.15, -0.1) is 0 Å². The summed E-state index contributed by atoms with van der Waals surface area (Å²) >= 11 is 0. The Kier molecular flexibility index (Phi) is 9.02. The molecule has 0 spiro atoms. The van der Waals surface area contributed by atoms with E-state index in [1.165, 1.54) is 51.2 Å². The van der Waals surface area contributed by atoms with E-state index in [9.17, 15) is 4.79 Å². The van der Waals surface area contributed by atoms with Gasteiger partial charge in [-0.3, -0.25) is 4.79 Å². The summed E-state index contributed by atoms with van der Waals surface area (Å²) in [5, 5.41) is 0. The largest absolute Gasteiger partial charge is 0.457 e. The van der Waals surface area contributed by atoms with Crippen LogP contribution in [0.2, 0.25) is 0 Å². The van der Waals surface area contributed by atoms with Gasteiger partial charge in [0.15, 0.2) is 12.4 Å². The zero-order chi connectivity index (χ0) is 16.3. The van der Waals surface area contributed by atoms with Crippen LogP contribution in [0.25, 0.3) is 0 Å². The summed E-state index contributed by atoms with van der Waals surface area (Å²) in [4.78, 5) is 11.6. The normalized spacial score (nSPS) is 15.9. The van der Waals surface area contributed by atoms with Crippen molar-refractivity contribution in [3.05, 3.63) is 12.0 Å². The number of hydrogen-bond donors (Lipinski definition) is 0. The van der Waals surface area contributed by atoms with Crippen LogP contribution in [0.3, 0.4) is 0 Å². The molecule has 1 heterocycles. The van der Waals surface area contributed by atoms with Crippen molar-refractivity contribution in [1.82, 2.24) is 0 Å². The van der Waals surface area contributed by atoms with Crippen LogP contribution in [0.1, 0.15) is 85.0 Å². The summed E-state index contributed by atoms with van der Waals surface area (Å²) in [5.41, 5.74) is 0. The second-order valence-electron chi connectivity index (χ2n) is 6.44. The molecule has 4 nitrogen and oxygen atoms in total. The predicted molar refractivity (Wildman–Crippen MR) is 87.1 cm³/mol. The molecule has 128 valence electrons. The van der Waals surface area contributed by atoms with Gasteiger partial charge >= 0.3 is 5.97 Å². The molecule has 0 unspecified atom stereocenters. The highest BCUT2D eigenvalue weighted by Gasteiger charge is 2.27. The summed E-state index contributed by atoms with van der Waals surface area (Å²) in [5.74, 6) is -0.221. The van der Waals surface area contributed by atoms with Crippen molar-refractivity contribution < 1.29 is 19.0 Å². The molecule has 1 rings (SSSR count). The Morgan fingerprint density at radius 2 is 1.64 bits per heavy atom. The van der Waals surface area contributed by atoms with Crippen molar-refractivity contribution in [2.45, 2.75) is 90.8 Å². The summed E-state index contributed by atoms with van der Waals surface area (Å²) in [6, 6.07) is 0. The first-order chi connectivity index (χ1) is 10.5. The Morgan fingerprint density at radius 1 is 1.05 bits per heavy atom. The summed E-state index contributed by atoms with van der Waals surface area (Å²) in [7, 11) is 0. The molecule has 0 saturated carbocycles. The number of hydrogen-bond acceptors (Lipinski definition) is 4. The maximum atomic E-state index is 11.6. The fourth-order valence-corrected chi connectivity index (χ4v) is 2.44. The maximum Gasteiger partial charge on any atom is 0.306 e. The van der Waals surface area contributed by atoms with Gasteiger partial charge in [-0.25, -0.2) is 0 Å². The first-order valence-electron chi connectivity index (χ1n) is 8.75. The second-order valence-corrected chi connectivity index (χ2v) is 6.44. The molecule has 0 saturated heterocycles. The van der Waals surface area contributed by atoms with Crippen molar-refractivity contribution in [2.75, 3.05) is 6.61 Å². The summed E-state index contributed by atoms with van der Waals surface area (Å²) in [6.07, 6.45) is 13.2. The van der Waals surface area contributed by atoms with Gasteiger partial charge in [-0.2, -0.15) is 0 Å². The highest BCUT2D eigenvalue weighted by molar-refractivity contribution is 5.69. The number of esters is 1. The fourth-order valence-electron chi connectivity index (χ4n) is 2.44. The molecule has 1 aliphatic rings. The molecule has 0 radical (unpaired) electrons. The quantitative estimate of drug-likeness (QED) is 0.372. The highest BCUT2D eigenvalue weighted by Crippen LogP contribution is 2.24. The lowest BCUT2D eigenvalue weighted by Crippen LogP contribution is -2.21. The second kappa shape index (κ2) is 10.5. The molecule has 0 aromatic carbocycles. The third-order valence-corrected chi connectivity index (χ3v) is 3.71. The lowest BCUT2D eigenvalue weighted by molar-refractivity contribution is -0.147. The average Bonchev–Trinajstić information content (AvgIpc) is 2.83. The van der Waals surface area contributed by atoms with Crippen molar-refractivity contribution in [1.29, 1.82) is 0 Å².